The molecule has 4 heteroatoms. The molecular formula is C20H26N2O2. The van der Waals surface area contributed by atoms with Crippen molar-refractivity contribution in [1.82, 2.24) is 0 Å². The van der Waals surface area contributed by atoms with Gasteiger partial charge in [-0.25, -0.2) is 0 Å². The summed E-state index contributed by atoms with van der Waals surface area (Å²) in [5, 5.41) is 0. The first-order valence-corrected chi connectivity index (χ1v) is 8.13. The van der Waals surface area contributed by atoms with Gasteiger partial charge >= 0.3 is 0 Å². The predicted molar refractivity (Wildman–Crippen MR) is 99.2 cm³/mol. The van der Waals surface area contributed by atoms with Crippen molar-refractivity contribution in [3.05, 3.63) is 59.2 Å². The summed E-state index contributed by atoms with van der Waals surface area (Å²) in [6.45, 7) is 6.71. The lowest BCUT2D eigenvalue weighted by molar-refractivity contribution is 0.229. The molecule has 0 heterocycles. The summed E-state index contributed by atoms with van der Waals surface area (Å²) in [5.41, 5.74) is 9.80. The molecule has 0 aliphatic carbocycles. The molecule has 0 amide bonds. The normalized spacial score (nSPS) is 12.8. The molecule has 1 unspecified atom stereocenters. The molecule has 0 saturated carbocycles. The zero-order chi connectivity index (χ0) is 17.5. The molecule has 128 valence electrons. The molecule has 0 saturated heterocycles. The number of nitrogens with zero attached hydrogens (tertiary/aromatic N) is 1. The maximum atomic E-state index is 6.06. The highest BCUT2D eigenvalue weighted by Gasteiger charge is 2.05. The Balaban J connectivity index is 1.89. The van der Waals surface area contributed by atoms with E-state index in [1.165, 1.54) is 16.7 Å². The van der Waals surface area contributed by atoms with E-state index in [0.717, 1.165) is 11.5 Å². The van der Waals surface area contributed by atoms with Crippen LogP contribution in [0.15, 0.2) is 47.5 Å². The summed E-state index contributed by atoms with van der Waals surface area (Å²) in [6.07, 6.45) is 0.600. The molecule has 0 aliphatic heterocycles. The van der Waals surface area contributed by atoms with Crippen molar-refractivity contribution in [3.63, 3.8) is 0 Å². The molecule has 2 aromatic rings. The number of amidine groups is 1. The van der Waals surface area contributed by atoms with Crippen LogP contribution in [0.4, 0.5) is 0 Å². The Hall–Kier alpha value is -2.49. The number of nitrogens with two attached hydrogens (primary N) is 1. The molecule has 1 atom stereocenters. The van der Waals surface area contributed by atoms with Crippen LogP contribution in [-0.4, -0.2) is 25.6 Å². The number of ether oxygens (including phenoxy) is 2. The van der Waals surface area contributed by atoms with Crippen LogP contribution in [-0.2, 0) is 6.42 Å². The molecule has 0 bridgehead atoms. The first-order valence-electron chi connectivity index (χ1n) is 8.13. The van der Waals surface area contributed by atoms with Gasteiger partial charge in [0.25, 0.3) is 0 Å². The lowest BCUT2D eigenvalue weighted by Crippen LogP contribution is -2.21. The average molecular weight is 326 g/mol. The van der Waals surface area contributed by atoms with Crippen molar-refractivity contribution in [1.29, 1.82) is 0 Å². The third-order valence-electron chi connectivity index (χ3n) is 3.89. The van der Waals surface area contributed by atoms with Crippen molar-refractivity contribution >= 4 is 5.84 Å². The standard InChI is InChI=1S/C20H26N2O2/c1-14-8-9-17(10-15(14)2)11-20(21)22-13-16(3)24-19-7-5-6-18(12-19)23-4/h5-10,12,16H,11,13H2,1-4H3,(H2,21,22). The quantitative estimate of drug-likeness (QED) is 0.624. The highest BCUT2D eigenvalue weighted by molar-refractivity contribution is 5.82. The molecule has 0 radical (unpaired) electrons. The van der Waals surface area contributed by atoms with Crippen LogP contribution >= 0.6 is 0 Å². The van der Waals surface area contributed by atoms with Crippen molar-refractivity contribution in [2.75, 3.05) is 13.7 Å². The maximum Gasteiger partial charge on any atom is 0.123 e. The third kappa shape index (κ3) is 5.30. The second-order valence-electron chi connectivity index (χ2n) is 6.03. The predicted octanol–water partition coefficient (Wildman–Crippen LogP) is 3.68. The van der Waals surface area contributed by atoms with E-state index >= 15 is 0 Å². The number of hydrogen-bond donors (Lipinski definition) is 1. The van der Waals surface area contributed by atoms with Gasteiger partial charge in [0, 0.05) is 12.5 Å². The molecule has 0 aliphatic rings. The number of benzene rings is 2. The summed E-state index contributed by atoms with van der Waals surface area (Å²) in [6, 6.07) is 13.9. The van der Waals surface area contributed by atoms with Crippen molar-refractivity contribution in [3.8, 4) is 11.5 Å². The van der Waals surface area contributed by atoms with E-state index in [2.05, 4.69) is 37.0 Å². The monoisotopic (exact) mass is 326 g/mol. The topological polar surface area (TPSA) is 56.8 Å². The zero-order valence-corrected chi connectivity index (χ0v) is 14.9. The van der Waals surface area contributed by atoms with E-state index in [9.17, 15) is 0 Å². The summed E-state index contributed by atoms with van der Waals surface area (Å²) >= 11 is 0. The molecule has 0 fully saturated rings. The van der Waals surface area contributed by atoms with Crippen LogP contribution in [0.5, 0.6) is 11.5 Å². The second kappa shape index (κ2) is 8.39. The van der Waals surface area contributed by atoms with E-state index in [4.69, 9.17) is 15.2 Å². The fourth-order valence-electron chi connectivity index (χ4n) is 2.37. The number of aliphatic imine (C=N–C) groups is 1. The molecule has 0 spiro atoms. The molecule has 4 nitrogen and oxygen atoms in total. The second-order valence-corrected chi connectivity index (χ2v) is 6.03. The highest BCUT2D eigenvalue weighted by Crippen LogP contribution is 2.20. The fourth-order valence-corrected chi connectivity index (χ4v) is 2.37. The first kappa shape index (κ1) is 17.9. The van der Waals surface area contributed by atoms with Gasteiger partial charge in [0.05, 0.1) is 19.5 Å². The minimum atomic E-state index is -0.0598. The van der Waals surface area contributed by atoms with Crippen molar-refractivity contribution in [2.45, 2.75) is 33.3 Å². The van der Waals surface area contributed by atoms with Crippen molar-refractivity contribution in [2.24, 2.45) is 10.7 Å². The minimum Gasteiger partial charge on any atom is -0.497 e. The Kier molecular flexibility index (Phi) is 6.24. The van der Waals surface area contributed by atoms with E-state index in [1.54, 1.807) is 7.11 Å². The zero-order valence-electron chi connectivity index (χ0n) is 14.9. The average Bonchev–Trinajstić information content (AvgIpc) is 2.56. The van der Waals surface area contributed by atoms with E-state index in [-0.39, 0.29) is 6.10 Å². The van der Waals surface area contributed by atoms with Gasteiger partial charge in [-0.1, -0.05) is 24.3 Å². The molecule has 0 aromatic heterocycles. The van der Waals surface area contributed by atoms with E-state index < -0.39 is 0 Å². The van der Waals surface area contributed by atoms with Gasteiger partial charge in [-0.15, -0.1) is 0 Å². The van der Waals surface area contributed by atoms with Crippen LogP contribution in [0.25, 0.3) is 0 Å². The largest absolute Gasteiger partial charge is 0.497 e. The number of hydrogen-bond acceptors (Lipinski definition) is 3. The number of rotatable bonds is 7. The minimum absolute atomic E-state index is 0.0598. The van der Waals surface area contributed by atoms with Gasteiger partial charge in [0.1, 0.15) is 17.6 Å². The Morgan fingerprint density at radius 1 is 1.08 bits per heavy atom. The summed E-state index contributed by atoms with van der Waals surface area (Å²) < 4.78 is 11.0. The van der Waals surface area contributed by atoms with Crippen LogP contribution in [0.2, 0.25) is 0 Å². The van der Waals surface area contributed by atoms with Crippen LogP contribution < -0.4 is 15.2 Å². The van der Waals surface area contributed by atoms with E-state index in [0.29, 0.717) is 18.8 Å². The Morgan fingerprint density at radius 2 is 1.83 bits per heavy atom. The fraction of sp³-hybridized carbons (Fsp3) is 0.350. The van der Waals surface area contributed by atoms with Crippen LogP contribution in [0.3, 0.4) is 0 Å². The number of methoxy groups -OCH3 is 1. The summed E-state index contributed by atoms with van der Waals surface area (Å²) in [4.78, 5) is 4.45. The molecule has 2 N–H and O–H groups in total. The summed E-state index contributed by atoms with van der Waals surface area (Å²) in [5.74, 6) is 2.17. The van der Waals surface area contributed by atoms with Gasteiger partial charge in [-0.3, -0.25) is 4.99 Å². The van der Waals surface area contributed by atoms with Crippen LogP contribution in [0, 0.1) is 13.8 Å². The molecule has 2 aromatic carbocycles. The highest BCUT2D eigenvalue weighted by atomic mass is 16.5. The van der Waals surface area contributed by atoms with Crippen molar-refractivity contribution < 1.29 is 9.47 Å². The van der Waals surface area contributed by atoms with Gasteiger partial charge < -0.3 is 15.2 Å². The first-order chi connectivity index (χ1) is 11.5. The molecule has 2 rings (SSSR count). The van der Waals surface area contributed by atoms with Gasteiger partial charge in [-0.2, -0.15) is 0 Å². The van der Waals surface area contributed by atoms with Gasteiger partial charge in [-0.05, 0) is 49.6 Å². The van der Waals surface area contributed by atoms with Gasteiger partial charge in [0.15, 0.2) is 0 Å². The Labute approximate surface area is 144 Å². The van der Waals surface area contributed by atoms with Crippen LogP contribution in [0.1, 0.15) is 23.6 Å². The Morgan fingerprint density at radius 3 is 2.54 bits per heavy atom. The third-order valence-corrected chi connectivity index (χ3v) is 3.89. The maximum absolute atomic E-state index is 6.06. The summed E-state index contributed by atoms with van der Waals surface area (Å²) in [7, 11) is 1.64. The van der Waals surface area contributed by atoms with E-state index in [1.807, 2.05) is 31.2 Å². The Bertz CT molecular complexity index is 711. The lowest BCUT2D eigenvalue weighted by Gasteiger charge is -2.14. The molecular weight excluding hydrogens is 300 g/mol. The number of aryl methyl sites for hydroxylation is 2. The SMILES string of the molecule is COc1cccc(OC(C)CN=C(N)Cc2ccc(C)c(C)c2)c1. The lowest BCUT2D eigenvalue weighted by atomic mass is 10.0. The van der Waals surface area contributed by atoms with Gasteiger partial charge in [0.2, 0.25) is 0 Å². The smallest absolute Gasteiger partial charge is 0.123 e. The molecule has 24 heavy (non-hydrogen) atoms.